The number of hydrogen-bond donors (Lipinski definition) is 1. The summed E-state index contributed by atoms with van der Waals surface area (Å²) in [5, 5.41) is 9.55. The molecule has 0 spiro atoms. The summed E-state index contributed by atoms with van der Waals surface area (Å²) in [4.78, 5) is 0. The highest BCUT2D eigenvalue weighted by molar-refractivity contribution is 4.82. The summed E-state index contributed by atoms with van der Waals surface area (Å²) < 4.78 is 5.90. The van der Waals surface area contributed by atoms with Crippen molar-refractivity contribution in [1.82, 2.24) is 0 Å². The van der Waals surface area contributed by atoms with Crippen molar-refractivity contribution in [3.8, 4) is 0 Å². The van der Waals surface area contributed by atoms with Crippen LogP contribution >= 0.6 is 0 Å². The zero-order valence-corrected chi connectivity index (χ0v) is 11.4. The molecule has 2 fully saturated rings. The van der Waals surface area contributed by atoms with Gasteiger partial charge in [-0.3, -0.25) is 0 Å². The predicted molar refractivity (Wildman–Crippen MR) is 69.9 cm³/mol. The Morgan fingerprint density at radius 2 is 1.29 bits per heavy atom. The van der Waals surface area contributed by atoms with E-state index in [0.29, 0.717) is 12.2 Å². The molecule has 0 bridgehead atoms. The first kappa shape index (κ1) is 13.4. The van der Waals surface area contributed by atoms with E-state index in [9.17, 15) is 5.11 Å². The van der Waals surface area contributed by atoms with E-state index in [0.717, 1.165) is 24.7 Å². The zero-order chi connectivity index (χ0) is 12.3. The highest BCUT2D eigenvalue weighted by Crippen LogP contribution is 2.39. The number of ether oxygens (including phenoxy) is 1. The molecule has 1 N–H and O–H groups in total. The molecular formula is C15H28O2. The zero-order valence-electron chi connectivity index (χ0n) is 11.4. The molecular weight excluding hydrogens is 212 g/mol. The highest BCUT2D eigenvalue weighted by Gasteiger charge is 2.30. The van der Waals surface area contributed by atoms with E-state index >= 15 is 0 Å². The van der Waals surface area contributed by atoms with Crippen molar-refractivity contribution in [3.05, 3.63) is 0 Å². The SMILES string of the molecule is CC(C)OC1CCC(C2CCC(O)CC2)CC1. The van der Waals surface area contributed by atoms with Gasteiger partial charge >= 0.3 is 0 Å². The minimum Gasteiger partial charge on any atom is -0.393 e. The van der Waals surface area contributed by atoms with Gasteiger partial charge in [0.1, 0.15) is 0 Å². The van der Waals surface area contributed by atoms with Crippen LogP contribution in [0.3, 0.4) is 0 Å². The minimum atomic E-state index is -0.00753. The molecule has 2 aliphatic rings. The molecule has 2 rings (SSSR count). The average molecular weight is 240 g/mol. The normalized spacial score (nSPS) is 39.5. The monoisotopic (exact) mass is 240 g/mol. The third-order valence-corrected chi connectivity index (χ3v) is 4.59. The van der Waals surface area contributed by atoms with E-state index in [-0.39, 0.29) is 6.10 Å². The van der Waals surface area contributed by atoms with Gasteiger partial charge in [0.25, 0.3) is 0 Å². The van der Waals surface area contributed by atoms with Gasteiger partial charge in [-0.25, -0.2) is 0 Å². The van der Waals surface area contributed by atoms with Gasteiger partial charge in [-0.2, -0.15) is 0 Å². The topological polar surface area (TPSA) is 29.5 Å². The number of aliphatic hydroxyl groups excluding tert-OH is 1. The van der Waals surface area contributed by atoms with Gasteiger partial charge in [0.15, 0.2) is 0 Å². The Bertz CT molecular complexity index is 211. The lowest BCUT2D eigenvalue weighted by atomic mass is 9.72. The molecule has 2 heteroatoms. The number of aliphatic hydroxyl groups is 1. The van der Waals surface area contributed by atoms with Crippen LogP contribution in [0.1, 0.15) is 65.2 Å². The highest BCUT2D eigenvalue weighted by atomic mass is 16.5. The van der Waals surface area contributed by atoms with Crippen molar-refractivity contribution >= 4 is 0 Å². The third kappa shape index (κ3) is 3.96. The number of hydrogen-bond acceptors (Lipinski definition) is 2. The molecule has 0 aromatic heterocycles. The van der Waals surface area contributed by atoms with Gasteiger partial charge in [-0.05, 0) is 77.0 Å². The van der Waals surface area contributed by atoms with Gasteiger partial charge in [0, 0.05) is 0 Å². The van der Waals surface area contributed by atoms with Crippen molar-refractivity contribution in [3.63, 3.8) is 0 Å². The Morgan fingerprint density at radius 1 is 0.824 bits per heavy atom. The van der Waals surface area contributed by atoms with Crippen molar-refractivity contribution < 1.29 is 9.84 Å². The summed E-state index contributed by atoms with van der Waals surface area (Å²) in [7, 11) is 0. The van der Waals surface area contributed by atoms with Crippen LogP contribution in [-0.4, -0.2) is 23.4 Å². The molecule has 2 nitrogen and oxygen atoms in total. The fourth-order valence-electron chi connectivity index (χ4n) is 3.65. The molecule has 0 atom stereocenters. The molecule has 0 amide bonds. The summed E-state index contributed by atoms with van der Waals surface area (Å²) in [6.07, 6.45) is 10.7. The van der Waals surface area contributed by atoms with E-state index in [2.05, 4.69) is 13.8 Å². The lowest BCUT2D eigenvalue weighted by Crippen LogP contribution is -2.30. The summed E-state index contributed by atoms with van der Waals surface area (Å²) in [5.41, 5.74) is 0. The van der Waals surface area contributed by atoms with Crippen molar-refractivity contribution in [1.29, 1.82) is 0 Å². The lowest BCUT2D eigenvalue weighted by Gasteiger charge is -2.37. The molecule has 100 valence electrons. The Kier molecular flexibility index (Phi) is 4.87. The van der Waals surface area contributed by atoms with E-state index in [1.807, 2.05) is 0 Å². The molecule has 2 saturated carbocycles. The van der Waals surface area contributed by atoms with Gasteiger partial charge in [-0.15, -0.1) is 0 Å². The summed E-state index contributed by atoms with van der Waals surface area (Å²) >= 11 is 0. The Labute approximate surface area is 106 Å². The fraction of sp³-hybridized carbons (Fsp3) is 1.00. The Balaban J connectivity index is 1.71. The second kappa shape index (κ2) is 6.19. The average Bonchev–Trinajstić information content (AvgIpc) is 2.30. The third-order valence-electron chi connectivity index (χ3n) is 4.59. The van der Waals surface area contributed by atoms with Crippen LogP contribution in [0.4, 0.5) is 0 Å². The fourth-order valence-corrected chi connectivity index (χ4v) is 3.65. The summed E-state index contributed by atoms with van der Waals surface area (Å²) in [6.45, 7) is 4.27. The van der Waals surface area contributed by atoms with Crippen molar-refractivity contribution in [2.75, 3.05) is 0 Å². The molecule has 17 heavy (non-hydrogen) atoms. The molecule has 2 aliphatic carbocycles. The predicted octanol–water partition coefficient (Wildman–Crippen LogP) is 3.52. The van der Waals surface area contributed by atoms with Crippen LogP contribution in [0, 0.1) is 11.8 Å². The molecule has 0 saturated heterocycles. The van der Waals surface area contributed by atoms with Crippen LogP contribution in [0.2, 0.25) is 0 Å². The quantitative estimate of drug-likeness (QED) is 0.818. The maximum atomic E-state index is 9.55. The van der Waals surface area contributed by atoms with Gasteiger partial charge < -0.3 is 9.84 Å². The van der Waals surface area contributed by atoms with Crippen LogP contribution < -0.4 is 0 Å². The van der Waals surface area contributed by atoms with Gasteiger partial charge in [0.05, 0.1) is 18.3 Å². The molecule has 0 heterocycles. The smallest absolute Gasteiger partial charge is 0.0578 e. The summed E-state index contributed by atoms with van der Waals surface area (Å²) in [6, 6.07) is 0. The second-order valence-electron chi connectivity index (χ2n) is 6.29. The van der Waals surface area contributed by atoms with Crippen LogP contribution in [-0.2, 0) is 4.74 Å². The largest absolute Gasteiger partial charge is 0.393 e. The maximum absolute atomic E-state index is 9.55. The van der Waals surface area contributed by atoms with E-state index < -0.39 is 0 Å². The van der Waals surface area contributed by atoms with E-state index in [4.69, 9.17) is 4.74 Å². The molecule has 0 aromatic carbocycles. The molecule has 0 aromatic rings. The maximum Gasteiger partial charge on any atom is 0.0578 e. The van der Waals surface area contributed by atoms with Gasteiger partial charge in [0.2, 0.25) is 0 Å². The van der Waals surface area contributed by atoms with Gasteiger partial charge in [-0.1, -0.05) is 0 Å². The molecule has 0 aliphatic heterocycles. The van der Waals surface area contributed by atoms with Crippen molar-refractivity contribution in [2.24, 2.45) is 11.8 Å². The van der Waals surface area contributed by atoms with E-state index in [1.165, 1.54) is 38.5 Å². The van der Waals surface area contributed by atoms with E-state index in [1.54, 1.807) is 0 Å². The molecule has 0 radical (unpaired) electrons. The van der Waals surface area contributed by atoms with Crippen LogP contribution in [0.15, 0.2) is 0 Å². The number of rotatable bonds is 3. The van der Waals surface area contributed by atoms with Crippen molar-refractivity contribution in [2.45, 2.75) is 83.5 Å². The second-order valence-corrected chi connectivity index (χ2v) is 6.29. The Hall–Kier alpha value is -0.0800. The Morgan fingerprint density at radius 3 is 1.76 bits per heavy atom. The molecule has 0 unspecified atom stereocenters. The first-order chi connectivity index (χ1) is 8.15. The standard InChI is InChI=1S/C15H28O2/c1-11(2)17-15-9-5-13(6-10-15)12-3-7-14(16)8-4-12/h11-16H,3-10H2,1-2H3. The minimum absolute atomic E-state index is 0.00753. The first-order valence-corrected chi connectivity index (χ1v) is 7.48. The first-order valence-electron chi connectivity index (χ1n) is 7.48. The summed E-state index contributed by atoms with van der Waals surface area (Å²) in [5.74, 6) is 1.80. The van der Waals surface area contributed by atoms with Crippen LogP contribution in [0.5, 0.6) is 0 Å². The van der Waals surface area contributed by atoms with Crippen LogP contribution in [0.25, 0.3) is 0 Å². The lowest BCUT2D eigenvalue weighted by molar-refractivity contribution is -0.0284.